The molecule has 0 aliphatic rings. The number of pyridine rings is 1. The highest BCUT2D eigenvalue weighted by atomic mass is 16.6. The number of hydrogen-bond donors (Lipinski definition) is 0. The summed E-state index contributed by atoms with van der Waals surface area (Å²) in [5.74, 6) is 0.346. The van der Waals surface area contributed by atoms with E-state index in [2.05, 4.69) is 24.9 Å². The molecule has 0 spiro atoms. The highest BCUT2D eigenvalue weighted by molar-refractivity contribution is 5.89. The molecule has 4 heteroatoms. The first kappa shape index (κ1) is 19.5. The van der Waals surface area contributed by atoms with Gasteiger partial charge in [0.1, 0.15) is 5.60 Å². The summed E-state index contributed by atoms with van der Waals surface area (Å²) in [6.45, 7) is 10.1. The lowest BCUT2D eigenvalue weighted by atomic mass is 9.95. The average Bonchev–Trinajstić information content (AvgIpc) is 2.92. The van der Waals surface area contributed by atoms with Gasteiger partial charge in [0.25, 0.3) is 0 Å². The van der Waals surface area contributed by atoms with Gasteiger partial charge >= 0.3 is 6.09 Å². The normalized spacial score (nSPS) is 13.2. The molecular formula is C21H32N2O2. The summed E-state index contributed by atoms with van der Waals surface area (Å²) in [6, 6.07) is 5.88. The van der Waals surface area contributed by atoms with Crippen LogP contribution in [-0.2, 0) is 4.74 Å². The van der Waals surface area contributed by atoms with Crippen molar-refractivity contribution in [2.24, 2.45) is 0 Å². The molecule has 2 rings (SSSR count). The summed E-state index contributed by atoms with van der Waals surface area (Å²) in [7, 11) is 0. The number of carbonyl (C=O) groups excluding carboxylic acids is 1. The van der Waals surface area contributed by atoms with E-state index in [-0.39, 0.29) is 6.09 Å². The smallest absolute Gasteiger partial charge is 0.419 e. The zero-order chi connectivity index (χ0) is 18.4. The van der Waals surface area contributed by atoms with Crippen LogP contribution in [0.15, 0.2) is 24.4 Å². The number of aromatic nitrogens is 2. The van der Waals surface area contributed by atoms with E-state index in [0.717, 1.165) is 29.6 Å². The monoisotopic (exact) mass is 344 g/mol. The number of hydrogen-bond acceptors (Lipinski definition) is 3. The van der Waals surface area contributed by atoms with E-state index in [9.17, 15) is 4.79 Å². The second-order valence-electron chi connectivity index (χ2n) is 7.75. The van der Waals surface area contributed by atoms with Crippen molar-refractivity contribution in [2.75, 3.05) is 0 Å². The van der Waals surface area contributed by atoms with E-state index in [1.165, 1.54) is 25.7 Å². The van der Waals surface area contributed by atoms with Crippen molar-refractivity contribution >= 4 is 17.1 Å². The van der Waals surface area contributed by atoms with Crippen molar-refractivity contribution in [3.05, 3.63) is 30.1 Å². The summed E-state index contributed by atoms with van der Waals surface area (Å²) < 4.78 is 7.40. The van der Waals surface area contributed by atoms with Gasteiger partial charge in [-0.05, 0) is 57.7 Å². The first-order valence-electron chi connectivity index (χ1n) is 9.57. The van der Waals surface area contributed by atoms with Crippen molar-refractivity contribution in [3.8, 4) is 0 Å². The van der Waals surface area contributed by atoms with Gasteiger partial charge in [-0.2, -0.15) is 0 Å². The Bertz CT molecular complexity index is 697. The molecule has 2 heterocycles. The zero-order valence-corrected chi connectivity index (χ0v) is 16.3. The lowest BCUT2D eigenvalue weighted by molar-refractivity contribution is 0.0538. The molecule has 25 heavy (non-hydrogen) atoms. The fourth-order valence-electron chi connectivity index (χ4n) is 3.24. The maximum absolute atomic E-state index is 12.9. The highest BCUT2D eigenvalue weighted by Crippen LogP contribution is 2.31. The van der Waals surface area contributed by atoms with E-state index in [1.807, 2.05) is 32.9 Å². The summed E-state index contributed by atoms with van der Waals surface area (Å²) >= 11 is 0. The zero-order valence-electron chi connectivity index (χ0n) is 16.3. The van der Waals surface area contributed by atoms with Crippen LogP contribution in [0.2, 0.25) is 0 Å². The van der Waals surface area contributed by atoms with Gasteiger partial charge in [0.2, 0.25) is 0 Å². The number of carbonyl (C=O) groups is 1. The number of nitrogens with zero attached hydrogens (tertiary/aromatic N) is 2. The van der Waals surface area contributed by atoms with Crippen molar-refractivity contribution in [1.82, 2.24) is 9.55 Å². The maximum Gasteiger partial charge on any atom is 0.419 e. The minimum Gasteiger partial charge on any atom is -0.443 e. The van der Waals surface area contributed by atoms with Crippen LogP contribution in [0.3, 0.4) is 0 Å². The van der Waals surface area contributed by atoms with Crippen molar-refractivity contribution in [2.45, 2.75) is 84.7 Å². The second kappa shape index (κ2) is 8.50. The van der Waals surface area contributed by atoms with E-state index in [1.54, 1.807) is 10.8 Å². The Kier molecular flexibility index (Phi) is 6.63. The molecule has 0 fully saturated rings. The molecular weight excluding hydrogens is 312 g/mol. The molecule has 4 nitrogen and oxygen atoms in total. The molecule has 0 saturated carbocycles. The van der Waals surface area contributed by atoms with Gasteiger partial charge in [0.05, 0.1) is 11.0 Å². The average molecular weight is 344 g/mol. The molecule has 0 N–H and O–H groups in total. The van der Waals surface area contributed by atoms with Crippen LogP contribution in [0.5, 0.6) is 0 Å². The minimum atomic E-state index is -0.518. The molecule has 0 saturated heterocycles. The predicted octanol–water partition coefficient (Wildman–Crippen LogP) is 6.28. The Hall–Kier alpha value is -1.84. The molecule has 0 amide bonds. The molecule has 0 aliphatic heterocycles. The molecule has 1 atom stereocenters. The van der Waals surface area contributed by atoms with Crippen LogP contribution in [0, 0.1) is 0 Å². The molecule has 2 aromatic rings. The number of fused-ring (bicyclic) bond motifs is 1. The van der Waals surface area contributed by atoms with Crippen LogP contribution in [0.25, 0.3) is 11.0 Å². The van der Waals surface area contributed by atoms with Crippen LogP contribution in [0.4, 0.5) is 4.79 Å². The van der Waals surface area contributed by atoms with E-state index in [0.29, 0.717) is 5.92 Å². The lowest BCUT2D eigenvalue weighted by Gasteiger charge is -2.23. The van der Waals surface area contributed by atoms with Crippen LogP contribution >= 0.6 is 0 Å². The fraction of sp³-hybridized carbons (Fsp3) is 0.619. The second-order valence-corrected chi connectivity index (χ2v) is 7.75. The number of unbranched alkanes of at least 4 members (excludes halogenated alkanes) is 3. The first-order valence-corrected chi connectivity index (χ1v) is 9.57. The third-order valence-electron chi connectivity index (χ3n) is 4.49. The van der Waals surface area contributed by atoms with Gasteiger partial charge < -0.3 is 4.74 Å². The summed E-state index contributed by atoms with van der Waals surface area (Å²) in [5, 5.41) is 0. The maximum atomic E-state index is 12.9. The molecule has 0 aromatic carbocycles. The van der Waals surface area contributed by atoms with Crippen molar-refractivity contribution in [1.29, 1.82) is 0 Å². The Balaban J connectivity index is 2.36. The Labute approximate surface area is 151 Å². The molecule has 138 valence electrons. The van der Waals surface area contributed by atoms with Crippen molar-refractivity contribution in [3.63, 3.8) is 0 Å². The fourth-order valence-corrected chi connectivity index (χ4v) is 3.24. The Morgan fingerprint density at radius 3 is 2.64 bits per heavy atom. The summed E-state index contributed by atoms with van der Waals surface area (Å²) in [4.78, 5) is 17.3. The molecule has 1 unspecified atom stereocenters. The van der Waals surface area contributed by atoms with Crippen LogP contribution < -0.4 is 0 Å². The SMILES string of the molecule is CCCCCCC(CC)c1cc2ncccc2n1C(=O)OC(C)(C)C. The number of ether oxygens (including phenoxy) is 1. The molecule has 0 radical (unpaired) electrons. The molecule has 2 aromatic heterocycles. The quantitative estimate of drug-likeness (QED) is 0.555. The van der Waals surface area contributed by atoms with E-state index >= 15 is 0 Å². The van der Waals surface area contributed by atoms with Gasteiger partial charge in [0, 0.05) is 11.9 Å². The third-order valence-corrected chi connectivity index (χ3v) is 4.49. The van der Waals surface area contributed by atoms with Crippen LogP contribution in [-0.4, -0.2) is 21.2 Å². The Morgan fingerprint density at radius 2 is 2.00 bits per heavy atom. The molecule has 0 bridgehead atoms. The summed E-state index contributed by atoms with van der Waals surface area (Å²) in [6.07, 6.45) is 8.51. The van der Waals surface area contributed by atoms with E-state index in [4.69, 9.17) is 4.74 Å². The van der Waals surface area contributed by atoms with Gasteiger partial charge in [-0.3, -0.25) is 4.98 Å². The van der Waals surface area contributed by atoms with Crippen LogP contribution in [0.1, 0.15) is 84.8 Å². The topological polar surface area (TPSA) is 44.1 Å². The molecule has 0 aliphatic carbocycles. The Morgan fingerprint density at radius 1 is 1.24 bits per heavy atom. The first-order chi connectivity index (χ1) is 11.9. The van der Waals surface area contributed by atoms with Gasteiger partial charge in [-0.15, -0.1) is 0 Å². The largest absolute Gasteiger partial charge is 0.443 e. The lowest BCUT2D eigenvalue weighted by Crippen LogP contribution is -2.28. The highest BCUT2D eigenvalue weighted by Gasteiger charge is 2.25. The minimum absolute atomic E-state index is 0.308. The van der Waals surface area contributed by atoms with E-state index < -0.39 is 5.60 Å². The predicted molar refractivity (Wildman–Crippen MR) is 103 cm³/mol. The van der Waals surface area contributed by atoms with Crippen molar-refractivity contribution < 1.29 is 9.53 Å². The third kappa shape index (κ3) is 5.07. The van der Waals surface area contributed by atoms with Gasteiger partial charge in [-0.1, -0.05) is 39.5 Å². The summed E-state index contributed by atoms with van der Waals surface area (Å²) in [5.41, 5.74) is 2.20. The number of rotatable bonds is 7. The van der Waals surface area contributed by atoms with Gasteiger partial charge in [-0.25, -0.2) is 9.36 Å². The van der Waals surface area contributed by atoms with Gasteiger partial charge in [0.15, 0.2) is 0 Å². The standard InChI is InChI=1S/C21H32N2O2/c1-6-8-9-10-12-16(7-2)19-15-17-18(13-11-14-22-17)23(19)20(24)25-21(3,4)5/h11,13-16H,6-10,12H2,1-5H3.